The third-order valence-corrected chi connectivity index (χ3v) is 2.27. The largest absolute Gasteiger partial charge is 0.507 e. The van der Waals surface area contributed by atoms with Crippen LogP contribution < -0.4 is 5.32 Å². The number of amides is 1. The lowest BCUT2D eigenvalue weighted by Gasteiger charge is -2.15. The molecule has 18 heavy (non-hydrogen) atoms. The van der Waals surface area contributed by atoms with Crippen molar-refractivity contribution in [1.29, 1.82) is 0 Å². The first-order valence-corrected chi connectivity index (χ1v) is 5.11. The lowest BCUT2D eigenvalue weighted by Crippen LogP contribution is -2.40. The molecule has 0 aromatic heterocycles. The van der Waals surface area contributed by atoms with Gasteiger partial charge in [0.05, 0.1) is 12.1 Å². The van der Waals surface area contributed by atoms with Crippen LogP contribution >= 0.6 is 11.6 Å². The zero-order chi connectivity index (χ0) is 13.9. The molecule has 1 aromatic carbocycles. The van der Waals surface area contributed by atoms with E-state index in [4.69, 9.17) is 16.7 Å². The van der Waals surface area contributed by atoms with Crippen LogP contribution in [0.25, 0.3) is 0 Å². The van der Waals surface area contributed by atoms with Gasteiger partial charge in [0, 0.05) is 5.02 Å². The fraction of sp³-hybridized carbons (Fsp3) is 0.300. The van der Waals surface area contributed by atoms with Crippen LogP contribution in [-0.4, -0.2) is 34.9 Å². The van der Waals surface area contributed by atoms with E-state index in [9.17, 15) is 23.1 Å². The summed E-state index contributed by atoms with van der Waals surface area (Å²) in [4.78, 5) is 11.4. The van der Waals surface area contributed by atoms with Gasteiger partial charge in [0.25, 0.3) is 5.91 Å². The molecule has 1 unspecified atom stereocenters. The number of alkyl halides is 3. The lowest BCUT2D eigenvalue weighted by atomic mass is 10.2. The highest BCUT2D eigenvalue weighted by Crippen LogP contribution is 2.22. The average molecular weight is 284 g/mol. The lowest BCUT2D eigenvalue weighted by molar-refractivity contribution is -0.201. The van der Waals surface area contributed by atoms with E-state index in [-0.39, 0.29) is 10.6 Å². The first kappa shape index (κ1) is 14.6. The van der Waals surface area contributed by atoms with E-state index in [0.29, 0.717) is 0 Å². The minimum atomic E-state index is -4.81. The second kappa shape index (κ2) is 5.45. The molecule has 0 aliphatic rings. The Morgan fingerprint density at radius 1 is 1.44 bits per heavy atom. The molecule has 0 bridgehead atoms. The number of carbonyl (C=O) groups is 1. The normalized spacial score (nSPS) is 13.2. The number of aromatic hydroxyl groups is 1. The van der Waals surface area contributed by atoms with Crippen LogP contribution in [0.3, 0.4) is 0 Å². The molecule has 4 nitrogen and oxygen atoms in total. The predicted octanol–water partition coefficient (Wildman–Crippen LogP) is 1.70. The Labute approximate surface area is 105 Å². The van der Waals surface area contributed by atoms with Gasteiger partial charge in [0.1, 0.15) is 5.75 Å². The summed E-state index contributed by atoms with van der Waals surface area (Å²) >= 11 is 5.53. The number of hydrogen-bond donors (Lipinski definition) is 3. The number of hydrogen-bond acceptors (Lipinski definition) is 3. The van der Waals surface area contributed by atoms with Crippen molar-refractivity contribution in [2.45, 2.75) is 12.3 Å². The molecule has 1 atom stereocenters. The highest BCUT2D eigenvalue weighted by Gasteiger charge is 2.38. The Balaban J connectivity index is 2.66. The molecule has 8 heteroatoms. The zero-order valence-electron chi connectivity index (χ0n) is 8.83. The first-order valence-electron chi connectivity index (χ1n) is 4.73. The molecule has 0 aliphatic carbocycles. The molecule has 0 fully saturated rings. The topological polar surface area (TPSA) is 69.6 Å². The van der Waals surface area contributed by atoms with Crippen LogP contribution in [0.1, 0.15) is 10.4 Å². The van der Waals surface area contributed by atoms with Crippen molar-refractivity contribution >= 4 is 17.5 Å². The van der Waals surface area contributed by atoms with Crippen molar-refractivity contribution in [2.75, 3.05) is 6.54 Å². The van der Waals surface area contributed by atoms with E-state index in [2.05, 4.69) is 0 Å². The molecule has 3 N–H and O–H groups in total. The van der Waals surface area contributed by atoms with Crippen LogP contribution in [-0.2, 0) is 0 Å². The van der Waals surface area contributed by atoms with E-state index in [0.717, 1.165) is 12.1 Å². The van der Waals surface area contributed by atoms with Crippen molar-refractivity contribution in [1.82, 2.24) is 5.32 Å². The van der Waals surface area contributed by atoms with Gasteiger partial charge >= 0.3 is 6.18 Å². The second-order valence-corrected chi connectivity index (χ2v) is 3.87. The van der Waals surface area contributed by atoms with E-state index >= 15 is 0 Å². The highest BCUT2D eigenvalue weighted by molar-refractivity contribution is 6.30. The van der Waals surface area contributed by atoms with Crippen LogP contribution in [0.2, 0.25) is 5.02 Å². The summed E-state index contributed by atoms with van der Waals surface area (Å²) in [5, 5.41) is 20.1. The smallest absolute Gasteiger partial charge is 0.416 e. The molecule has 0 aliphatic heterocycles. The molecule has 0 spiro atoms. The monoisotopic (exact) mass is 283 g/mol. The molecule has 0 saturated carbocycles. The number of phenolic OH excluding ortho intramolecular Hbond substituents is 1. The number of benzene rings is 1. The Morgan fingerprint density at radius 2 is 2.06 bits per heavy atom. The Bertz CT molecular complexity index is 450. The number of aliphatic hydroxyl groups is 1. The van der Waals surface area contributed by atoms with Gasteiger partial charge in [-0.05, 0) is 18.2 Å². The molecule has 0 saturated heterocycles. The highest BCUT2D eigenvalue weighted by atomic mass is 35.5. The summed E-state index contributed by atoms with van der Waals surface area (Å²) < 4.78 is 35.9. The summed E-state index contributed by atoms with van der Waals surface area (Å²) in [6.45, 7) is -0.996. The predicted molar refractivity (Wildman–Crippen MR) is 57.5 cm³/mol. The minimum absolute atomic E-state index is 0.180. The van der Waals surface area contributed by atoms with Crippen molar-refractivity contribution < 1.29 is 28.2 Å². The summed E-state index contributed by atoms with van der Waals surface area (Å²) in [5.74, 6) is -1.39. The number of phenols is 1. The number of carbonyl (C=O) groups excluding carboxylic acids is 1. The van der Waals surface area contributed by atoms with Gasteiger partial charge in [0.2, 0.25) is 0 Å². The molecule has 100 valence electrons. The molecule has 1 aromatic rings. The summed E-state index contributed by atoms with van der Waals surface area (Å²) in [6.07, 6.45) is -7.47. The third kappa shape index (κ3) is 3.78. The number of halogens is 4. The van der Waals surface area contributed by atoms with Crippen LogP contribution in [0, 0.1) is 0 Å². The van der Waals surface area contributed by atoms with E-state index in [1.54, 1.807) is 0 Å². The fourth-order valence-corrected chi connectivity index (χ4v) is 1.26. The van der Waals surface area contributed by atoms with Gasteiger partial charge < -0.3 is 15.5 Å². The molecule has 1 amide bonds. The molecular weight excluding hydrogens is 275 g/mol. The average Bonchev–Trinajstić information content (AvgIpc) is 2.24. The maximum Gasteiger partial charge on any atom is 0.416 e. The summed E-state index contributed by atoms with van der Waals surface area (Å²) in [5.41, 5.74) is -0.228. The van der Waals surface area contributed by atoms with Crippen LogP contribution in [0.15, 0.2) is 18.2 Å². The van der Waals surface area contributed by atoms with Gasteiger partial charge in [0.15, 0.2) is 6.10 Å². The Kier molecular flexibility index (Phi) is 4.42. The van der Waals surface area contributed by atoms with E-state index in [1.807, 2.05) is 5.32 Å². The van der Waals surface area contributed by atoms with Crippen molar-refractivity contribution in [3.05, 3.63) is 28.8 Å². The van der Waals surface area contributed by atoms with Crippen molar-refractivity contribution in [3.63, 3.8) is 0 Å². The summed E-state index contributed by atoms with van der Waals surface area (Å²) in [7, 11) is 0. The van der Waals surface area contributed by atoms with Crippen molar-refractivity contribution in [2.24, 2.45) is 0 Å². The molecular formula is C10H9ClF3NO3. The molecule has 0 radical (unpaired) electrons. The maximum atomic E-state index is 12.0. The fourth-order valence-electron chi connectivity index (χ4n) is 1.10. The summed E-state index contributed by atoms with van der Waals surface area (Å²) in [6, 6.07) is 3.54. The Morgan fingerprint density at radius 3 is 2.56 bits per heavy atom. The zero-order valence-corrected chi connectivity index (χ0v) is 9.59. The SMILES string of the molecule is O=C(NCC(O)C(F)(F)F)c1ccc(Cl)cc1O. The number of rotatable bonds is 3. The van der Waals surface area contributed by atoms with Crippen molar-refractivity contribution in [3.8, 4) is 5.75 Å². The number of aliphatic hydroxyl groups excluding tert-OH is 1. The van der Waals surface area contributed by atoms with Crippen LogP contribution in [0.5, 0.6) is 5.75 Å². The molecule has 0 heterocycles. The minimum Gasteiger partial charge on any atom is -0.507 e. The van der Waals surface area contributed by atoms with Gasteiger partial charge in [-0.15, -0.1) is 0 Å². The van der Waals surface area contributed by atoms with Gasteiger partial charge in [-0.1, -0.05) is 11.6 Å². The van der Waals surface area contributed by atoms with E-state index in [1.165, 1.54) is 6.07 Å². The third-order valence-electron chi connectivity index (χ3n) is 2.04. The maximum absolute atomic E-state index is 12.0. The second-order valence-electron chi connectivity index (χ2n) is 3.43. The van der Waals surface area contributed by atoms with E-state index < -0.39 is 30.5 Å². The molecule has 1 rings (SSSR count). The van der Waals surface area contributed by atoms with Crippen LogP contribution in [0.4, 0.5) is 13.2 Å². The quantitative estimate of drug-likeness (QED) is 0.791. The van der Waals surface area contributed by atoms with Gasteiger partial charge in [-0.2, -0.15) is 13.2 Å². The number of nitrogens with one attached hydrogen (secondary N) is 1. The standard InChI is InChI=1S/C10H9ClF3NO3/c11-5-1-2-6(7(16)3-5)9(18)15-4-8(17)10(12,13)14/h1-3,8,16-17H,4H2,(H,15,18). The van der Waals surface area contributed by atoms with Gasteiger partial charge in [-0.3, -0.25) is 4.79 Å². The first-order chi connectivity index (χ1) is 8.21. The Hall–Kier alpha value is -1.47. The van der Waals surface area contributed by atoms with Gasteiger partial charge in [-0.25, -0.2) is 0 Å².